The molecule has 1 rings (SSSR count). The minimum Gasteiger partial charge on any atom is -0.465 e. The molecule has 0 bridgehead atoms. The fourth-order valence-corrected chi connectivity index (χ4v) is 2.79. The number of hydrogen-bond donors (Lipinski definition) is 2. The van der Waals surface area contributed by atoms with E-state index in [0.717, 1.165) is 11.3 Å². The van der Waals surface area contributed by atoms with E-state index in [1.807, 2.05) is 41.5 Å². The Balaban J connectivity index is 3.10. The monoisotopic (exact) mass is 327 g/mol. The molecule has 22 heavy (non-hydrogen) atoms. The van der Waals surface area contributed by atoms with E-state index in [9.17, 15) is 9.59 Å². The number of methoxy groups -OCH3 is 1. The summed E-state index contributed by atoms with van der Waals surface area (Å²) in [5.41, 5.74) is 5.83. The smallest absolute Gasteiger partial charge is 0.350 e. The minimum absolute atomic E-state index is 0.321. The molecule has 1 aromatic heterocycles. The normalized spacial score (nSPS) is 13.6. The van der Waals surface area contributed by atoms with Crippen LogP contribution >= 0.6 is 11.3 Å². The quantitative estimate of drug-likeness (QED) is 0.832. The van der Waals surface area contributed by atoms with Crippen LogP contribution in [0.1, 0.15) is 56.9 Å². The van der Waals surface area contributed by atoms with Crippen molar-refractivity contribution in [2.45, 2.75) is 53.0 Å². The Morgan fingerprint density at radius 3 is 2.18 bits per heavy atom. The van der Waals surface area contributed by atoms with Crippen molar-refractivity contribution in [2.75, 3.05) is 12.4 Å². The van der Waals surface area contributed by atoms with Crippen molar-refractivity contribution < 1.29 is 14.3 Å². The number of aromatic nitrogens is 1. The van der Waals surface area contributed by atoms with E-state index in [4.69, 9.17) is 10.5 Å². The van der Waals surface area contributed by atoms with E-state index < -0.39 is 12.0 Å². The maximum absolute atomic E-state index is 12.2. The van der Waals surface area contributed by atoms with Gasteiger partial charge in [0.05, 0.1) is 18.8 Å². The molecule has 0 aromatic carbocycles. The van der Waals surface area contributed by atoms with Crippen LogP contribution in [0.15, 0.2) is 0 Å². The molecule has 0 aliphatic heterocycles. The van der Waals surface area contributed by atoms with Crippen LogP contribution in [0.5, 0.6) is 0 Å². The van der Waals surface area contributed by atoms with Gasteiger partial charge >= 0.3 is 5.97 Å². The van der Waals surface area contributed by atoms with Crippen molar-refractivity contribution in [1.82, 2.24) is 4.98 Å². The molecule has 0 radical (unpaired) electrons. The van der Waals surface area contributed by atoms with Gasteiger partial charge in [-0.05, 0) is 5.41 Å². The Kier molecular flexibility index (Phi) is 5.35. The first-order valence-corrected chi connectivity index (χ1v) is 7.85. The van der Waals surface area contributed by atoms with Crippen molar-refractivity contribution in [3.05, 3.63) is 10.6 Å². The van der Waals surface area contributed by atoms with E-state index in [-0.39, 0.29) is 16.7 Å². The molecular weight excluding hydrogens is 302 g/mol. The number of carbonyl (C=O) groups excluding carboxylic acids is 2. The summed E-state index contributed by atoms with van der Waals surface area (Å²) in [6.45, 7) is 11.5. The molecule has 0 saturated carbocycles. The molecule has 0 aliphatic carbocycles. The third-order valence-corrected chi connectivity index (χ3v) is 4.10. The molecule has 1 aromatic rings. The lowest BCUT2D eigenvalue weighted by atomic mass is 9.87. The second-order valence-corrected chi connectivity index (χ2v) is 8.27. The summed E-state index contributed by atoms with van der Waals surface area (Å²) >= 11 is 1.10. The van der Waals surface area contributed by atoms with Gasteiger partial charge in [0.25, 0.3) is 0 Å². The highest BCUT2D eigenvalue weighted by molar-refractivity contribution is 7.17. The van der Waals surface area contributed by atoms with Gasteiger partial charge in [-0.15, -0.1) is 0 Å². The van der Waals surface area contributed by atoms with Gasteiger partial charge in [0.1, 0.15) is 4.88 Å². The van der Waals surface area contributed by atoms with Crippen molar-refractivity contribution in [3.8, 4) is 0 Å². The fourth-order valence-electron chi connectivity index (χ4n) is 1.69. The number of ether oxygens (including phenoxy) is 1. The van der Waals surface area contributed by atoms with E-state index in [2.05, 4.69) is 10.3 Å². The van der Waals surface area contributed by atoms with Gasteiger partial charge in [-0.1, -0.05) is 52.9 Å². The lowest BCUT2D eigenvalue weighted by Crippen LogP contribution is -2.45. The van der Waals surface area contributed by atoms with Gasteiger partial charge in [0.2, 0.25) is 5.91 Å². The van der Waals surface area contributed by atoms with Gasteiger partial charge < -0.3 is 15.8 Å². The van der Waals surface area contributed by atoms with Crippen molar-refractivity contribution in [1.29, 1.82) is 0 Å². The number of amides is 1. The molecule has 3 N–H and O–H groups in total. The van der Waals surface area contributed by atoms with Gasteiger partial charge in [0, 0.05) is 5.41 Å². The summed E-state index contributed by atoms with van der Waals surface area (Å²) in [6.07, 6.45) is 0. The topological polar surface area (TPSA) is 94.3 Å². The molecule has 7 heteroatoms. The summed E-state index contributed by atoms with van der Waals surface area (Å²) in [5, 5.41) is 3.05. The largest absolute Gasteiger partial charge is 0.465 e. The first-order valence-electron chi connectivity index (χ1n) is 7.04. The van der Waals surface area contributed by atoms with Crippen LogP contribution in [0.2, 0.25) is 0 Å². The molecule has 0 spiro atoms. The number of anilines is 1. The number of nitrogens with zero attached hydrogens (tertiary/aromatic N) is 1. The molecule has 0 saturated heterocycles. The molecule has 124 valence electrons. The average Bonchev–Trinajstić information content (AvgIpc) is 2.79. The Labute approximate surface area is 135 Å². The van der Waals surface area contributed by atoms with Crippen LogP contribution in [0.3, 0.4) is 0 Å². The van der Waals surface area contributed by atoms with Gasteiger partial charge in [-0.3, -0.25) is 4.79 Å². The molecule has 1 atom stereocenters. The summed E-state index contributed by atoms with van der Waals surface area (Å²) < 4.78 is 4.79. The molecule has 0 unspecified atom stereocenters. The number of thiazole rings is 1. The number of esters is 1. The van der Waals surface area contributed by atoms with Crippen LogP contribution in [0.25, 0.3) is 0 Å². The second kappa shape index (κ2) is 6.34. The predicted molar refractivity (Wildman–Crippen MR) is 88.2 cm³/mol. The highest BCUT2D eigenvalue weighted by Crippen LogP contribution is 2.33. The fraction of sp³-hybridized carbons (Fsp3) is 0.667. The summed E-state index contributed by atoms with van der Waals surface area (Å²) in [6, 6.07) is -0.670. The van der Waals surface area contributed by atoms with E-state index in [1.54, 1.807) is 0 Å². The van der Waals surface area contributed by atoms with Gasteiger partial charge in [-0.25, -0.2) is 9.78 Å². The van der Waals surface area contributed by atoms with Gasteiger partial charge in [0.15, 0.2) is 5.13 Å². The number of rotatable bonds is 3. The highest BCUT2D eigenvalue weighted by Gasteiger charge is 2.31. The summed E-state index contributed by atoms with van der Waals surface area (Å²) in [4.78, 5) is 28.9. The zero-order valence-corrected chi connectivity index (χ0v) is 15.1. The van der Waals surface area contributed by atoms with Crippen LogP contribution < -0.4 is 11.1 Å². The first-order chi connectivity index (χ1) is 9.87. The Bertz CT molecular complexity index is 568. The van der Waals surface area contributed by atoms with E-state index >= 15 is 0 Å². The van der Waals surface area contributed by atoms with Crippen molar-refractivity contribution >= 4 is 28.3 Å². The maximum atomic E-state index is 12.2. The Hall–Kier alpha value is -1.47. The summed E-state index contributed by atoms with van der Waals surface area (Å²) in [5.74, 6) is -0.777. The molecule has 6 nitrogen and oxygen atoms in total. The Morgan fingerprint density at radius 2 is 1.77 bits per heavy atom. The van der Waals surface area contributed by atoms with Crippen LogP contribution in [-0.4, -0.2) is 30.0 Å². The van der Waals surface area contributed by atoms with E-state index in [1.165, 1.54) is 7.11 Å². The SMILES string of the molecule is COC(=O)c1sc(NC(=O)[C@@H](N)C(C)(C)C)nc1C(C)(C)C. The second-order valence-electron chi connectivity index (χ2n) is 7.27. The Morgan fingerprint density at radius 1 is 1.23 bits per heavy atom. The maximum Gasteiger partial charge on any atom is 0.350 e. The van der Waals surface area contributed by atoms with Crippen LogP contribution in [0, 0.1) is 5.41 Å². The highest BCUT2D eigenvalue weighted by atomic mass is 32.1. The van der Waals surface area contributed by atoms with Crippen molar-refractivity contribution in [2.24, 2.45) is 11.1 Å². The third-order valence-electron chi connectivity index (χ3n) is 3.15. The lowest BCUT2D eigenvalue weighted by molar-refractivity contribution is -0.119. The molecule has 1 heterocycles. The van der Waals surface area contributed by atoms with Gasteiger partial charge in [-0.2, -0.15) is 0 Å². The number of nitrogens with two attached hydrogens (primary N) is 1. The molecule has 0 aliphatic rings. The van der Waals surface area contributed by atoms with Crippen LogP contribution in [-0.2, 0) is 14.9 Å². The van der Waals surface area contributed by atoms with Crippen LogP contribution in [0.4, 0.5) is 5.13 Å². The molecule has 1 amide bonds. The van der Waals surface area contributed by atoms with Crippen molar-refractivity contribution in [3.63, 3.8) is 0 Å². The molecular formula is C15H25N3O3S. The predicted octanol–water partition coefficient (Wildman–Crippen LogP) is 2.54. The minimum atomic E-state index is -0.670. The standard InChI is InChI=1S/C15H25N3O3S/c1-14(2,3)9(16)11(19)18-13-17-10(15(4,5)6)8(22-13)12(20)21-7/h9H,16H2,1-7H3,(H,17,18,19)/t9-/m1/s1. The number of carbonyl (C=O) groups is 2. The zero-order chi connectivity index (χ0) is 17.3. The zero-order valence-electron chi connectivity index (χ0n) is 14.2. The molecule has 0 fully saturated rings. The number of hydrogen-bond acceptors (Lipinski definition) is 6. The average molecular weight is 327 g/mol. The first kappa shape index (κ1) is 18.6. The third kappa shape index (κ3) is 4.27. The summed E-state index contributed by atoms with van der Waals surface area (Å²) in [7, 11) is 1.32. The number of nitrogens with one attached hydrogen (secondary N) is 1. The van der Waals surface area contributed by atoms with E-state index in [0.29, 0.717) is 15.7 Å². The lowest BCUT2D eigenvalue weighted by Gasteiger charge is -2.25.